The third-order valence-corrected chi connectivity index (χ3v) is 5.99. The van der Waals surface area contributed by atoms with E-state index in [0.717, 1.165) is 37.8 Å². The molecule has 2 aliphatic rings. The van der Waals surface area contributed by atoms with Crippen LogP contribution in [0.2, 0.25) is 0 Å². The van der Waals surface area contributed by atoms with Crippen molar-refractivity contribution in [3.63, 3.8) is 0 Å². The van der Waals surface area contributed by atoms with Crippen LogP contribution in [0.25, 0.3) is 0 Å². The molecule has 0 aliphatic carbocycles. The number of ether oxygens (including phenoxy) is 1. The van der Waals surface area contributed by atoms with Gasteiger partial charge in [-0.3, -0.25) is 4.79 Å². The zero-order valence-corrected chi connectivity index (χ0v) is 17.8. The summed E-state index contributed by atoms with van der Waals surface area (Å²) in [6.07, 6.45) is -1.11. The Morgan fingerprint density at radius 2 is 1.97 bits per heavy atom. The summed E-state index contributed by atoms with van der Waals surface area (Å²) in [7, 11) is 0. The van der Waals surface area contributed by atoms with Gasteiger partial charge in [-0.2, -0.15) is 13.2 Å². The molecular weight excluding hydrogens is 411 g/mol. The molecular formula is C22H30F3N3O3. The van der Waals surface area contributed by atoms with Gasteiger partial charge in [-0.05, 0) is 50.8 Å². The number of alkyl halides is 3. The Bertz CT molecular complexity index is 764. The van der Waals surface area contributed by atoms with Crippen molar-refractivity contribution in [2.75, 3.05) is 26.2 Å². The number of nitrogens with one attached hydrogen (secondary N) is 1. The van der Waals surface area contributed by atoms with E-state index >= 15 is 0 Å². The van der Waals surface area contributed by atoms with Gasteiger partial charge < -0.3 is 19.9 Å². The summed E-state index contributed by atoms with van der Waals surface area (Å²) < 4.78 is 43.6. The molecule has 1 aromatic carbocycles. The number of halogens is 3. The average molecular weight is 441 g/mol. The van der Waals surface area contributed by atoms with E-state index in [-0.39, 0.29) is 24.1 Å². The summed E-state index contributed by atoms with van der Waals surface area (Å²) in [6.45, 7) is 4.24. The predicted molar refractivity (Wildman–Crippen MR) is 109 cm³/mol. The van der Waals surface area contributed by atoms with Gasteiger partial charge in [0.25, 0.3) is 0 Å². The molecule has 2 heterocycles. The number of carbonyl (C=O) groups excluding carboxylic acids is 2. The standard InChI is InChI=1S/C22H30F3N3O3/c1-2-31-21(30)27-12-9-19(10-13-27)28-18(6-7-20(28)29)8-11-26-15-16-4-3-5-17(14-16)22(23,24)25/h3-5,14,18-19,26H,2,6-13,15H2,1H3. The van der Waals surface area contributed by atoms with Gasteiger partial charge in [-0.1, -0.05) is 18.2 Å². The first-order valence-corrected chi connectivity index (χ1v) is 10.9. The Balaban J connectivity index is 1.46. The van der Waals surface area contributed by atoms with Gasteiger partial charge in [-0.25, -0.2) is 4.79 Å². The average Bonchev–Trinajstić information content (AvgIpc) is 3.11. The number of carbonyl (C=O) groups is 2. The first-order valence-electron chi connectivity index (χ1n) is 10.9. The van der Waals surface area contributed by atoms with Crippen LogP contribution < -0.4 is 5.32 Å². The summed E-state index contributed by atoms with van der Waals surface area (Å²) in [5.41, 5.74) is -0.0611. The van der Waals surface area contributed by atoms with Crippen molar-refractivity contribution in [1.29, 1.82) is 0 Å². The Labute approximate surface area is 180 Å². The molecule has 9 heteroatoms. The van der Waals surface area contributed by atoms with E-state index in [1.807, 2.05) is 4.90 Å². The predicted octanol–water partition coefficient (Wildman–Crippen LogP) is 3.80. The minimum absolute atomic E-state index is 0.120. The molecule has 0 radical (unpaired) electrons. The van der Waals surface area contributed by atoms with Crippen molar-refractivity contribution in [2.24, 2.45) is 0 Å². The van der Waals surface area contributed by atoms with Gasteiger partial charge in [0.05, 0.1) is 12.2 Å². The Kier molecular flexibility index (Phi) is 7.80. The molecule has 1 atom stereocenters. The quantitative estimate of drug-likeness (QED) is 0.654. The first-order chi connectivity index (χ1) is 14.8. The zero-order chi connectivity index (χ0) is 22.4. The van der Waals surface area contributed by atoms with E-state index in [9.17, 15) is 22.8 Å². The Morgan fingerprint density at radius 1 is 1.23 bits per heavy atom. The summed E-state index contributed by atoms with van der Waals surface area (Å²) in [4.78, 5) is 28.0. The van der Waals surface area contributed by atoms with Crippen molar-refractivity contribution in [3.8, 4) is 0 Å². The van der Waals surface area contributed by atoms with Crippen LogP contribution >= 0.6 is 0 Å². The highest BCUT2D eigenvalue weighted by atomic mass is 19.4. The van der Waals surface area contributed by atoms with Crippen LogP contribution in [0.5, 0.6) is 0 Å². The lowest BCUT2D eigenvalue weighted by atomic mass is 10.0. The summed E-state index contributed by atoms with van der Waals surface area (Å²) in [6, 6.07) is 5.56. The molecule has 0 saturated carbocycles. The van der Waals surface area contributed by atoms with Gasteiger partial charge in [-0.15, -0.1) is 0 Å². The van der Waals surface area contributed by atoms with Gasteiger partial charge in [0.1, 0.15) is 0 Å². The SMILES string of the molecule is CCOC(=O)N1CCC(N2C(=O)CCC2CCNCc2cccc(C(F)(F)F)c2)CC1. The van der Waals surface area contributed by atoms with E-state index < -0.39 is 11.7 Å². The van der Waals surface area contributed by atoms with Crippen LogP contribution in [0.1, 0.15) is 50.2 Å². The lowest BCUT2D eigenvalue weighted by molar-refractivity contribution is -0.137. The van der Waals surface area contributed by atoms with Crippen LogP contribution in [0, 0.1) is 0 Å². The van der Waals surface area contributed by atoms with Gasteiger partial charge in [0.15, 0.2) is 0 Å². The van der Waals surface area contributed by atoms with Crippen LogP contribution in [0.3, 0.4) is 0 Å². The number of likely N-dealkylation sites (tertiary alicyclic amines) is 2. The molecule has 6 nitrogen and oxygen atoms in total. The first kappa shape index (κ1) is 23.4. The molecule has 1 N–H and O–H groups in total. The molecule has 0 aromatic heterocycles. The van der Waals surface area contributed by atoms with Crippen LogP contribution in [0.4, 0.5) is 18.0 Å². The highest BCUT2D eigenvalue weighted by Crippen LogP contribution is 2.30. The van der Waals surface area contributed by atoms with Crippen molar-refractivity contribution in [1.82, 2.24) is 15.1 Å². The second kappa shape index (κ2) is 10.3. The lowest BCUT2D eigenvalue weighted by Gasteiger charge is -2.39. The molecule has 3 rings (SSSR count). The number of nitrogens with zero attached hydrogens (tertiary/aromatic N) is 2. The number of rotatable bonds is 7. The van der Waals surface area contributed by atoms with E-state index in [0.29, 0.717) is 44.8 Å². The fraction of sp³-hybridized carbons (Fsp3) is 0.636. The highest BCUT2D eigenvalue weighted by molar-refractivity contribution is 5.79. The Hall–Kier alpha value is -2.29. The maximum atomic E-state index is 12.8. The topological polar surface area (TPSA) is 61.9 Å². The van der Waals surface area contributed by atoms with Crippen LogP contribution in [-0.4, -0.2) is 60.1 Å². The number of piperidine rings is 1. The van der Waals surface area contributed by atoms with Gasteiger partial charge >= 0.3 is 12.3 Å². The van der Waals surface area contributed by atoms with Crippen molar-refractivity contribution < 1.29 is 27.5 Å². The third-order valence-electron chi connectivity index (χ3n) is 5.99. The molecule has 1 unspecified atom stereocenters. The number of benzene rings is 1. The lowest BCUT2D eigenvalue weighted by Crippen LogP contribution is -2.50. The fourth-order valence-electron chi connectivity index (χ4n) is 4.45. The maximum Gasteiger partial charge on any atom is 0.416 e. The van der Waals surface area contributed by atoms with Crippen molar-refractivity contribution in [3.05, 3.63) is 35.4 Å². The largest absolute Gasteiger partial charge is 0.450 e. The van der Waals surface area contributed by atoms with Crippen molar-refractivity contribution >= 4 is 12.0 Å². The molecule has 172 valence electrons. The van der Waals surface area contributed by atoms with Crippen molar-refractivity contribution in [2.45, 2.75) is 63.8 Å². The maximum absolute atomic E-state index is 12.8. The van der Waals surface area contributed by atoms with Crippen LogP contribution in [-0.2, 0) is 22.3 Å². The molecule has 0 spiro atoms. The highest BCUT2D eigenvalue weighted by Gasteiger charge is 2.38. The normalized spacial score (nSPS) is 20.4. The fourth-order valence-corrected chi connectivity index (χ4v) is 4.45. The smallest absolute Gasteiger partial charge is 0.416 e. The minimum Gasteiger partial charge on any atom is -0.450 e. The van der Waals surface area contributed by atoms with E-state index in [2.05, 4.69) is 5.32 Å². The molecule has 2 aliphatic heterocycles. The zero-order valence-electron chi connectivity index (χ0n) is 17.8. The van der Waals surface area contributed by atoms with E-state index in [1.54, 1.807) is 17.9 Å². The summed E-state index contributed by atoms with van der Waals surface area (Å²) in [5, 5.41) is 3.21. The van der Waals surface area contributed by atoms with E-state index in [4.69, 9.17) is 4.74 Å². The van der Waals surface area contributed by atoms with Gasteiger partial charge in [0.2, 0.25) is 5.91 Å². The second-order valence-corrected chi connectivity index (χ2v) is 8.07. The molecule has 2 amide bonds. The molecule has 2 fully saturated rings. The number of hydrogen-bond acceptors (Lipinski definition) is 4. The molecule has 2 saturated heterocycles. The molecule has 0 bridgehead atoms. The minimum atomic E-state index is -4.34. The molecule has 31 heavy (non-hydrogen) atoms. The number of amides is 2. The number of hydrogen-bond donors (Lipinski definition) is 1. The molecule has 1 aromatic rings. The third kappa shape index (κ3) is 6.12. The Morgan fingerprint density at radius 3 is 2.65 bits per heavy atom. The van der Waals surface area contributed by atoms with Gasteiger partial charge in [0, 0.05) is 38.1 Å². The van der Waals surface area contributed by atoms with E-state index in [1.165, 1.54) is 6.07 Å². The summed E-state index contributed by atoms with van der Waals surface area (Å²) in [5.74, 6) is 0.150. The summed E-state index contributed by atoms with van der Waals surface area (Å²) >= 11 is 0. The monoisotopic (exact) mass is 441 g/mol. The second-order valence-electron chi connectivity index (χ2n) is 8.07. The van der Waals surface area contributed by atoms with Crippen LogP contribution in [0.15, 0.2) is 24.3 Å².